The number of nitrogens with zero attached hydrogens (tertiary/aromatic N) is 1. The minimum atomic E-state index is -0.912. The molecule has 2 atom stereocenters. The lowest BCUT2D eigenvalue weighted by Gasteiger charge is -2.35. The molecule has 3 nitrogen and oxygen atoms in total. The van der Waals surface area contributed by atoms with Gasteiger partial charge < -0.3 is 10.2 Å². The maximum Gasteiger partial charge on any atom is 0.227 e. The third-order valence-electron chi connectivity index (χ3n) is 4.76. The van der Waals surface area contributed by atoms with Gasteiger partial charge in [-0.15, -0.1) is 12.4 Å². The summed E-state index contributed by atoms with van der Waals surface area (Å²) in [6.07, 6.45) is 4.15. The summed E-state index contributed by atoms with van der Waals surface area (Å²) in [5.74, 6) is -1.96. The molecule has 0 saturated carbocycles. The number of rotatable bonds is 3. The molecule has 1 amide bonds. The molecule has 122 valence electrons. The predicted octanol–water partition coefficient (Wildman–Crippen LogP) is 2.67. The van der Waals surface area contributed by atoms with Gasteiger partial charge in [-0.3, -0.25) is 4.79 Å². The molecule has 0 aliphatic carbocycles. The van der Waals surface area contributed by atoms with Crippen molar-refractivity contribution in [1.29, 1.82) is 0 Å². The molecule has 0 aromatic heterocycles. The fraction of sp³-hybridized carbons (Fsp3) is 0.562. The summed E-state index contributed by atoms with van der Waals surface area (Å²) in [5, 5.41) is 3.53. The zero-order valence-electron chi connectivity index (χ0n) is 12.5. The number of hydrogen-bond acceptors (Lipinski definition) is 2. The van der Waals surface area contributed by atoms with Crippen LogP contribution in [-0.2, 0) is 11.2 Å². The Kier molecular flexibility index (Phi) is 5.40. The third kappa shape index (κ3) is 3.41. The summed E-state index contributed by atoms with van der Waals surface area (Å²) in [6.45, 7) is 0. The zero-order valence-corrected chi connectivity index (χ0v) is 13.3. The molecule has 2 aliphatic heterocycles. The van der Waals surface area contributed by atoms with Gasteiger partial charge in [0.15, 0.2) is 11.6 Å². The van der Waals surface area contributed by atoms with Crippen molar-refractivity contribution in [2.24, 2.45) is 0 Å². The van der Waals surface area contributed by atoms with Crippen molar-refractivity contribution in [2.75, 3.05) is 7.05 Å². The minimum Gasteiger partial charge on any atom is -0.342 e. The molecule has 6 heteroatoms. The summed E-state index contributed by atoms with van der Waals surface area (Å²) >= 11 is 0. The molecular weight excluding hydrogens is 310 g/mol. The number of amides is 1. The smallest absolute Gasteiger partial charge is 0.227 e. The molecular formula is C16H21ClF2N2O. The van der Waals surface area contributed by atoms with E-state index in [0.717, 1.165) is 18.9 Å². The molecule has 1 aromatic carbocycles. The standard InChI is InChI=1S/C16H20F2N2O.ClH/c1-20(13-8-11-5-6-12(9-13)19-11)15(21)7-10-3-2-4-14(17)16(10)18;/h2-4,11-13,19H,5-9H2,1H3;1H. The van der Waals surface area contributed by atoms with Crippen LogP contribution in [0.2, 0.25) is 0 Å². The van der Waals surface area contributed by atoms with Crippen molar-refractivity contribution < 1.29 is 13.6 Å². The van der Waals surface area contributed by atoms with Crippen molar-refractivity contribution in [2.45, 2.75) is 50.2 Å². The Hall–Kier alpha value is -1.20. The van der Waals surface area contributed by atoms with Gasteiger partial charge in [0, 0.05) is 30.7 Å². The van der Waals surface area contributed by atoms with Crippen LogP contribution >= 0.6 is 12.4 Å². The van der Waals surface area contributed by atoms with Crippen molar-refractivity contribution in [3.05, 3.63) is 35.4 Å². The van der Waals surface area contributed by atoms with Crippen molar-refractivity contribution in [1.82, 2.24) is 10.2 Å². The van der Waals surface area contributed by atoms with E-state index in [0.29, 0.717) is 12.1 Å². The van der Waals surface area contributed by atoms with Crippen LogP contribution in [-0.4, -0.2) is 36.0 Å². The van der Waals surface area contributed by atoms with E-state index in [1.165, 1.54) is 25.0 Å². The maximum atomic E-state index is 13.6. The molecule has 0 radical (unpaired) electrons. The van der Waals surface area contributed by atoms with Gasteiger partial charge >= 0.3 is 0 Å². The molecule has 3 rings (SSSR count). The van der Waals surface area contributed by atoms with Gasteiger partial charge in [-0.05, 0) is 31.7 Å². The first-order valence-corrected chi connectivity index (χ1v) is 7.49. The molecule has 1 aromatic rings. The molecule has 2 unspecified atom stereocenters. The van der Waals surface area contributed by atoms with Crippen LogP contribution in [0.25, 0.3) is 0 Å². The number of benzene rings is 1. The van der Waals surface area contributed by atoms with Crippen LogP contribution in [0.1, 0.15) is 31.2 Å². The fourth-order valence-corrected chi connectivity index (χ4v) is 3.52. The fourth-order valence-electron chi connectivity index (χ4n) is 3.52. The van der Waals surface area contributed by atoms with Crippen LogP contribution in [0, 0.1) is 11.6 Å². The lowest BCUT2D eigenvalue weighted by Crippen LogP contribution is -2.49. The molecule has 2 bridgehead atoms. The Morgan fingerprint density at radius 3 is 2.55 bits per heavy atom. The van der Waals surface area contributed by atoms with E-state index >= 15 is 0 Å². The summed E-state index contributed by atoms with van der Waals surface area (Å²) in [6, 6.07) is 5.16. The monoisotopic (exact) mass is 330 g/mol. The van der Waals surface area contributed by atoms with Gasteiger partial charge in [0.1, 0.15) is 0 Å². The van der Waals surface area contributed by atoms with Crippen molar-refractivity contribution >= 4 is 18.3 Å². The van der Waals surface area contributed by atoms with E-state index in [2.05, 4.69) is 5.32 Å². The predicted molar refractivity (Wildman–Crippen MR) is 83.0 cm³/mol. The van der Waals surface area contributed by atoms with Gasteiger partial charge in [-0.2, -0.15) is 0 Å². The first-order chi connectivity index (χ1) is 10.0. The minimum absolute atomic E-state index is 0. The topological polar surface area (TPSA) is 32.3 Å². The number of halogens is 3. The first-order valence-electron chi connectivity index (χ1n) is 7.49. The van der Waals surface area contributed by atoms with Crippen LogP contribution in [0.15, 0.2) is 18.2 Å². The lowest BCUT2D eigenvalue weighted by atomic mass is 9.98. The van der Waals surface area contributed by atoms with Crippen LogP contribution in [0.5, 0.6) is 0 Å². The Bertz CT molecular complexity index is 543. The Labute approximate surface area is 135 Å². The normalized spacial score (nSPS) is 26.4. The van der Waals surface area contributed by atoms with E-state index in [-0.39, 0.29) is 36.3 Å². The van der Waals surface area contributed by atoms with Crippen molar-refractivity contribution in [3.8, 4) is 0 Å². The summed E-state index contributed by atoms with van der Waals surface area (Å²) in [5.41, 5.74) is 0.128. The molecule has 1 N–H and O–H groups in total. The second kappa shape index (κ2) is 6.92. The maximum absolute atomic E-state index is 13.6. The second-order valence-electron chi connectivity index (χ2n) is 6.16. The van der Waals surface area contributed by atoms with E-state index in [1.807, 2.05) is 0 Å². The second-order valence-corrected chi connectivity index (χ2v) is 6.16. The van der Waals surface area contributed by atoms with Gasteiger partial charge in [-0.25, -0.2) is 8.78 Å². The highest BCUT2D eigenvalue weighted by Crippen LogP contribution is 2.29. The highest BCUT2D eigenvalue weighted by molar-refractivity contribution is 5.85. The number of fused-ring (bicyclic) bond motifs is 2. The molecule has 2 saturated heterocycles. The highest BCUT2D eigenvalue weighted by atomic mass is 35.5. The van der Waals surface area contributed by atoms with E-state index < -0.39 is 11.6 Å². The number of carbonyl (C=O) groups is 1. The number of likely N-dealkylation sites (N-methyl/N-ethyl adjacent to an activating group) is 1. The summed E-state index contributed by atoms with van der Waals surface area (Å²) in [4.78, 5) is 14.0. The molecule has 0 spiro atoms. The number of piperidine rings is 1. The molecule has 2 heterocycles. The Morgan fingerprint density at radius 2 is 1.91 bits per heavy atom. The van der Waals surface area contributed by atoms with Gasteiger partial charge in [0.2, 0.25) is 5.91 Å². The van der Waals surface area contributed by atoms with E-state index in [4.69, 9.17) is 0 Å². The van der Waals surface area contributed by atoms with Gasteiger partial charge in [-0.1, -0.05) is 12.1 Å². The SMILES string of the molecule is CN(C(=O)Cc1cccc(F)c1F)C1CC2CCC(C1)N2.Cl. The van der Waals surface area contributed by atoms with Crippen LogP contribution in [0.4, 0.5) is 8.78 Å². The van der Waals surface area contributed by atoms with Gasteiger partial charge in [0.05, 0.1) is 6.42 Å². The molecule has 2 aliphatic rings. The number of carbonyl (C=O) groups excluding carboxylic acids is 1. The highest BCUT2D eigenvalue weighted by Gasteiger charge is 2.36. The molecule has 22 heavy (non-hydrogen) atoms. The average molecular weight is 331 g/mol. The summed E-state index contributed by atoms with van der Waals surface area (Å²) < 4.78 is 26.8. The average Bonchev–Trinajstić information content (AvgIpc) is 2.81. The Morgan fingerprint density at radius 1 is 1.27 bits per heavy atom. The number of hydrogen-bond donors (Lipinski definition) is 1. The Balaban J connectivity index is 0.00000176. The summed E-state index contributed by atoms with van der Waals surface area (Å²) in [7, 11) is 1.77. The quantitative estimate of drug-likeness (QED) is 0.924. The lowest BCUT2D eigenvalue weighted by molar-refractivity contribution is -0.132. The van der Waals surface area contributed by atoms with E-state index in [1.54, 1.807) is 11.9 Å². The van der Waals surface area contributed by atoms with Crippen molar-refractivity contribution in [3.63, 3.8) is 0 Å². The third-order valence-corrected chi connectivity index (χ3v) is 4.76. The largest absolute Gasteiger partial charge is 0.342 e. The van der Waals surface area contributed by atoms with Crippen LogP contribution < -0.4 is 5.32 Å². The number of nitrogens with one attached hydrogen (secondary N) is 1. The zero-order chi connectivity index (χ0) is 15.0. The van der Waals surface area contributed by atoms with E-state index in [9.17, 15) is 13.6 Å². The van der Waals surface area contributed by atoms with Gasteiger partial charge in [0.25, 0.3) is 0 Å². The molecule has 2 fully saturated rings. The first kappa shape index (κ1) is 17.2. The van der Waals surface area contributed by atoms with Crippen LogP contribution in [0.3, 0.4) is 0 Å².